The lowest BCUT2D eigenvalue weighted by Gasteiger charge is -2.05. The van der Waals surface area contributed by atoms with Gasteiger partial charge in [0.2, 0.25) is 0 Å². The minimum atomic E-state index is -0.561. The number of nitrogens with zero attached hydrogens (tertiary/aromatic N) is 2. The number of aryl methyl sites for hydroxylation is 2. The average molecular weight is 277 g/mol. The molecule has 0 bridgehead atoms. The lowest BCUT2D eigenvalue weighted by atomic mass is 10.1. The van der Waals surface area contributed by atoms with Crippen molar-refractivity contribution in [3.05, 3.63) is 50.5 Å². The molecular formula is C12H11N3O3S. The molecular weight excluding hydrogens is 266 g/mol. The van der Waals surface area contributed by atoms with Crippen molar-refractivity contribution >= 4 is 28.1 Å². The van der Waals surface area contributed by atoms with Gasteiger partial charge < -0.3 is 0 Å². The van der Waals surface area contributed by atoms with Gasteiger partial charge in [-0.25, -0.2) is 4.98 Å². The number of thiazole rings is 1. The molecule has 1 aromatic heterocycles. The van der Waals surface area contributed by atoms with E-state index < -0.39 is 10.8 Å². The summed E-state index contributed by atoms with van der Waals surface area (Å²) < 4.78 is 0. The highest BCUT2D eigenvalue weighted by Gasteiger charge is 2.22. The lowest BCUT2D eigenvalue weighted by molar-refractivity contribution is -0.385. The van der Waals surface area contributed by atoms with Gasteiger partial charge in [-0.3, -0.25) is 20.2 Å². The first-order valence-corrected chi connectivity index (χ1v) is 6.28. The molecule has 0 aliphatic rings. The van der Waals surface area contributed by atoms with Gasteiger partial charge in [0.25, 0.3) is 11.6 Å². The van der Waals surface area contributed by atoms with Crippen molar-refractivity contribution in [1.29, 1.82) is 0 Å². The van der Waals surface area contributed by atoms with Crippen molar-refractivity contribution in [3.8, 4) is 0 Å². The zero-order valence-electron chi connectivity index (χ0n) is 10.3. The highest BCUT2D eigenvalue weighted by molar-refractivity contribution is 7.15. The molecule has 0 saturated carbocycles. The van der Waals surface area contributed by atoms with E-state index in [4.69, 9.17) is 0 Å². The number of hydrogen-bond donors (Lipinski definition) is 1. The Morgan fingerprint density at radius 3 is 2.74 bits per heavy atom. The van der Waals surface area contributed by atoms with Crippen LogP contribution in [0.15, 0.2) is 24.4 Å². The number of hydrogen-bond acceptors (Lipinski definition) is 5. The minimum Gasteiger partial charge on any atom is -0.298 e. The molecule has 7 heteroatoms. The SMILES string of the molecule is Cc1cnc(NC(=O)c2c(C)cccc2[N+](=O)[O-])s1. The Hall–Kier alpha value is -2.28. The lowest BCUT2D eigenvalue weighted by Crippen LogP contribution is -2.15. The number of carbonyl (C=O) groups is 1. The van der Waals surface area contributed by atoms with E-state index in [-0.39, 0.29) is 11.3 Å². The Bertz CT molecular complexity index is 651. The summed E-state index contributed by atoms with van der Waals surface area (Å²) in [7, 11) is 0. The molecule has 2 rings (SSSR count). The second kappa shape index (κ2) is 5.15. The smallest absolute Gasteiger partial charge is 0.282 e. The first kappa shape index (κ1) is 13.2. The van der Waals surface area contributed by atoms with Crippen LogP contribution in [-0.2, 0) is 0 Å². The van der Waals surface area contributed by atoms with Crippen LogP contribution in [0.25, 0.3) is 0 Å². The van der Waals surface area contributed by atoms with Gasteiger partial charge in [-0.05, 0) is 19.4 Å². The number of amides is 1. The molecule has 6 nitrogen and oxygen atoms in total. The van der Waals surface area contributed by atoms with Crippen molar-refractivity contribution in [2.24, 2.45) is 0 Å². The fraction of sp³-hybridized carbons (Fsp3) is 0.167. The Balaban J connectivity index is 2.36. The van der Waals surface area contributed by atoms with Gasteiger partial charge in [-0.1, -0.05) is 12.1 Å². The number of benzene rings is 1. The Morgan fingerprint density at radius 1 is 1.42 bits per heavy atom. The normalized spacial score (nSPS) is 10.2. The Morgan fingerprint density at radius 2 is 2.16 bits per heavy atom. The average Bonchev–Trinajstić information content (AvgIpc) is 2.74. The number of carbonyl (C=O) groups excluding carboxylic acids is 1. The molecule has 2 aromatic rings. The van der Waals surface area contributed by atoms with Gasteiger partial charge in [-0.15, -0.1) is 11.3 Å². The van der Waals surface area contributed by atoms with Crippen molar-refractivity contribution in [2.75, 3.05) is 5.32 Å². The summed E-state index contributed by atoms with van der Waals surface area (Å²) in [6, 6.07) is 4.53. The quantitative estimate of drug-likeness (QED) is 0.690. The third-order valence-electron chi connectivity index (χ3n) is 2.52. The fourth-order valence-corrected chi connectivity index (χ4v) is 2.33. The van der Waals surface area contributed by atoms with E-state index in [1.165, 1.54) is 17.4 Å². The van der Waals surface area contributed by atoms with Gasteiger partial charge >= 0.3 is 0 Å². The Kier molecular flexibility index (Phi) is 3.57. The predicted molar refractivity (Wildman–Crippen MR) is 72.6 cm³/mol. The van der Waals surface area contributed by atoms with Crippen LogP contribution < -0.4 is 5.32 Å². The third kappa shape index (κ3) is 2.76. The van der Waals surface area contributed by atoms with Crippen LogP contribution in [0, 0.1) is 24.0 Å². The first-order chi connectivity index (χ1) is 8.99. The molecule has 0 aliphatic carbocycles. The molecule has 1 amide bonds. The van der Waals surface area contributed by atoms with E-state index >= 15 is 0 Å². The minimum absolute atomic E-state index is 0.0698. The molecule has 1 heterocycles. The molecule has 0 saturated heterocycles. The Labute approximate surface area is 113 Å². The van der Waals surface area contributed by atoms with Crippen LogP contribution in [-0.4, -0.2) is 15.8 Å². The van der Waals surface area contributed by atoms with E-state index in [0.29, 0.717) is 10.7 Å². The van der Waals surface area contributed by atoms with Gasteiger partial charge in [0.05, 0.1) is 4.92 Å². The number of anilines is 1. The highest BCUT2D eigenvalue weighted by atomic mass is 32.1. The third-order valence-corrected chi connectivity index (χ3v) is 3.34. The maximum Gasteiger partial charge on any atom is 0.282 e. The molecule has 0 aliphatic heterocycles. The van der Waals surface area contributed by atoms with E-state index in [9.17, 15) is 14.9 Å². The number of rotatable bonds is 3. The number of nitrogens with one attached hydrogen (secondary N) is 1. The first-order valence-electron chi connectivity index (χ1n) is 5.47. The second-order valence-electron chi connectivity index (χ2n) is 3.96. The van der Waals surface area contributed by atoms with Gasteiger partial charge in [0, 0.05) is 17.1 Å². The van der Waals surface area contributed by atoms with E-state index in [1.807, 2.05) is 6.92 Å². The molecule has 1 aromatic carbocycles. The molecule has 0 fully saturated rings. The van der Waals surface area contributed by atoms with Crippen molar-refractivity contribution in [1.82, 2.24) is 4.98 Å². The van der Waals surface area contributed by atoms with E-state index in [0.717, 1.165) is 4.88 Å². The molecule has 0 radical (unpaired) electrons. The second-order valence-corrected chi connectivity index (χ2v) is 5.19. The summed E-state index contributed by atoms with van der Waals surface area (Å²) >= 11 is 1.32. The van der Waals surface area contributed by atoms with E-state index in [2.05, 4.69) is 10.3 Å². The standard InChI is InChI=1S/C12H11N3O3S/c1-7-4-3-5-9(15(17)18)10(7)11(16)14-12-13-6-8(2)19-12/h3-6H,1-2H3,(H,13,14,16). The summed E-state index contributed by atoms with van der Waals surface area (Å²) in [6.07, 6.45) is 1.63. The topological polar surface area (TPSA) is 85.1 Å². The summed E-state index contributed by atoms with van der Waals surface area (Å²) in [5.41, 5.74) is 0.422. The largest absolute Gasteiger partial charge is 0.298 e. The maximum absolute atomic E-state index is 12.1. The van der Waals surface area contributed by atoms with Crippen LogP contribution >= 0.6 is 11.3 Å². The van der Waals surface area contributed by atoms with Gasteiger partial charge in [-0.2, -0.15) is 0 Å². The maximum atomic E-state index is 12.1. The summed E-state index contributed by atoms with van der Waals surface area (Å²) in [5.74, 6) is -0.515. The summed E-state index contributed by atoms with van der Waals surface area (Å²) in [5, 5.41) is 14.0. The van der Waals surface area contributed by atoms with Crippen molar-refractivity contribution in [3.63, 3.8) is 0 Å². The highest BCUT2D eigenvalue weighted by Crippen LogP contribution is 2.24. The summed E-state index contributed by atoms with van der Waals surface area (Å²) in [6.45, 7) is 3.53. The van der Waals surface area contributed by atoms with Gasteiger partial charge in [0.1, 0.15) is 5.56 Å². The molecule has 19 heavy (non-hydrogen) atoms. The number of nitro benzene ring substituents is 1. The molecule has 0 unspecified atom stereocenters. The van der Waals surface area contributed by atoms with Crippen molar-refractivity contribution in [2.45, 2.75) is 13.8 Å². The monoisotopic (exact) mass is 277 g/mol. The van der Waals surface area contributed by atoms with Gasteiger partial charge in [0.15, 0.2) is 5.13 Å². The number of aromatic nitrogens is 1. The zero-order valence-corrected chi connectivity index (χ0v) is 11.2. The molecule has 0 atom stereocenters. The summed E-state index contributed by atoms with van der Waals surface area (Å²) in [4.78, 5) is 27.5. The van der Waals surface area contributed by atoms with E-state index in [1.54, 1.807) is 25.3 Å². The van der Waals surface area contributed by atoms with Crippen LogP contribution in [0.5, 0.6) is 0 Å². The van der Waals surface area contributed by atoms with Crippen LogP contribution in [0.3, 0.4) is 0 Å². The predicted octanol–water partition coefficient (Wildman–Crippen LogP) is 2.92. The fourth-order valence-electron chi connectivity index (χ4n) is 1.67. The molecule has 0 spiro atoms. The molecule has 98 valence electrons. The van der Waals surface area contributed by atoms with Crippen molar-refractivity contribution < 1.29 is 9.72 Å². The zero-order chi connectivity index (χ0) is 14.0. The van der Waals surface area contributed by atoms with Crippen LogP contribution in [0.1, 0.15) is 20.8 Å². The number of nitro groups is 1. The van der Waals surface area contributed by atoms with Crippen LogP contribution in [0.2, 0.25) is 0 Å². The van der Waals surface area contributed by atoms with Crippen LogP contribution in [0.4, 0.5) is 10.8 Å². The molecule has 1 N–H and O–H groups in total.